The van der Waals surface area contributed by atoms with Crippen molar-refractivity contribution in [3.05, 3.63) is 42.3 Å². The molecule has 2 aromatic heterocycles. The van der Waals surface area contributed by atoms with Crippen molar-refractivity contribution in [3.63, 3.8) is 0 Å². The molecule has 1 N–H and O–H groups in total. The molecule has 0 atom stereocenters. The van der Waals surface area contributed by atoms with E-state index in [4.69, 9.17) is 9.15 Å². The van der Waals surface area contributed by atoms with Gasteiger partial charge < -0.3 is 14.5 Å². The van der Waals surface area contributed by atoms with Gasteiger partial charge >= 0.3 is 0 Å². The van der Waals surface area contributed by atoms with E-state index in [9.17, 15) is 4.79 Å². The summed E-state index contributed by atoms with van der Waals surface area (Å²) in [6.07, 6.45) is 8.24. The van der Waals surface area contributed by atoms with Crippen LogP contribution in [0.5, 0.6) is 0 Å². The van der Waals surface area contributed by atoms with Crippen molar-refractivity contribution in [3.8, 4) is 11.5 Å². The highest BCUT2D eigenvalue weighted by molar-refractivity contribution is 5.91. The van der Waals surface area contributed by atoms with Crippen LogP contribution in [-0.4, -0.2) is 30.6 Å². The lowest BCUT2D eigenvalue weighted by atomic mass is 9.90. The highest BCUT2D eigenvalue weighted by Crippen LogP contribution is 2.23. The van der Waals surface area contributed by atoms with Crippen molar-refractivity contribution in [1.82, 2.24) is 10.3 Å². The summed E-state index contributed by atoms with van der Waals surface area (Å²) in [5, 5.41) is 2.82. The third kappa shape index (κ3) is 4.68. The summed E-state index contributed by atoms with van der Waals surface area (Å²) in [6.45, 7) is 1.83. The molecule has 24 heavy (non-hydrogen) atoms. The molecular weight excluding hydrogens is 304 g/mol. The molecule has 5 heteroatoms. The van der Waals surface area contributed by atoms with Crippen molar-refractivity contribution in [2.24, 2.45) is 5.92 Å². The molecule has 3 rings (SSSR count). The van der Waals surface area contributed by atoms with E-state index in [1.54, 1.807) is 18.3 Å². The number of furan rings is 1. The van der Waals surface area contributed by atoms with Crippen LogP contribution in [0.4, 0.5) is 0 Å². The number of pyridine rings is 1. The fourth-order valence-electron chi connectivity index (χ4n) is 3.03. The predicted octanol–water partition coefficient (Wildman–Crippen LogP) is 3.67. The van der Waals surface area contributed by atoms with Gasteiger partial charge in [0.25, 0.3) is 5.91 Å². The molecule has 0 aliphatic heterocycles. The van der Waals surface area contributed by atoms with Gasteiger partial charge in [-0.05, 0) is 43.0 Å². The van der Waals surface area contributed by atoms with Crippen molar-refractivity contribution in [2.45, 2.75) is 32.1 Å². The standard InChI is InChI=1S/C19H24N2O3/c22-19(21-12-13-23-14-15-6-2-1-3-7-15)18-10-9-17(24-18)16-8-4-5-11-20-16/h4-5,8-11,15H,1-3,6-7,12-14H2,(H,21,22). The Hall–Kier alpha value is -2.14. The first-order valence-corrected chi connectivity index (χ1v) is 8.70. The minimum Gasteiger partial charge on any atom is -0.449 e. The second kappa shape index (κ2) is 8.64. The number of hydrogen-bond donors (Lipinski definition) is 1. The maximum Gasteiger partial charge on any atom is 0.287 e. The lowest BCUT2D eigenvalue weighted by Gasteiger charge is -2.21. The van der Waals surface area contributed by atoms with Crippen LogP contribution in [0.1, 0.15) is 42.7 Å². The molecule has 0 saturated heterocycles. The molecule has 0 radical (unpaired) electrons. The van der Waals surface area contributed by atoms with Crippen molar-refractivity contribution in [2.75, 3.05) is 19.8 Å². The highest BCUT2D eigenvalue weighted by Gasteiger charge is 2.14. The molecule has 1 saturated carbocycles. The molecule has 1 aliphatic carbocycles. The number of amides is 1. The normalized spacial score (nSPS) is 15.3. The Labute approximate surface area is 142 Å². The van der Waals surface area contributed by atoms with E-state index in [0.29, 0.717) is 36.3 Å². The number of nitrogens with one attached hydrogen (secondary N) is 1. The van der Waals surface area contributed by atoms with Crippen LogP contribution in [0, 0.1) is 5.92 Å². The summed E-state index contributed by atoms with van der Waals surface area (Å²) in [4.78, 5) is 16.3. The fraction of sp³-hybridized carbons (Fsp3) is 0.474. The molecular formula is C19H24N2O3. The number of ether oxygens (including phenoxy) is 1. The van der Waals surface area contributed by atoms with Gasteiger partial charge in [0.2, 0.25) is 0 Å². The molecule has 2 heterocycles. The maximum absolute atomic E-state index is 12.1. The zero-order chi connectivity index (χ0) is 16.6. The molecule has 1 fully saturated rings. The van der Waals surface area contributed by atoms with E-state index < -0.39 is 0 Å². The average molecular weight is 328 g/mol. The van der Waals surface area contributed by atoms with Gasteiger partial charge in [0.15, 0.2) is 11.5 Å². The Kier molecular flexibility index (Phi) is 6.01. The third-order valence-corrected chi connectivity index (χ3v) is 4.36. The second-order valence-electron chi connectivity index (χ2n) is 6.21. The number of rotatable bonds is 7. The Morgan fingerprint density at radius 1 is 1.21 bits per heavy atom. The van der Waals surface area contributed by atoms with Gasteiger partial charge in [0.05, 0.1) is 6.61 Å². The lowest BCUT2D eigenvalue weighted by molar-refractivity contribution is 0.0783. The number of hydrogen-bond acceptors (Lipinski definition) is 4. The van der Waals surface area contributed by atoms with E-state index in [1.807, 2.05) is 18.2 Å². The molecule has 5 nitrogen and oxygen atoms in total. The molecule has 2 aromatic rings. The first-order chi connectivity index (χ1) is 11.8. The highest BCUT2D eigenvalue weighted by atomic mass is 16.5. The summed E-state index contributed by atoms with van der Waals surface area (Å²) < 4.78 is 11.2. The zero-order valence-corrected chi connectivity index (χ0v) is 13.9. The van der Waals surface area contributed by atoms with Gasteiger partial charge in [-0.15, -0.1) is 0 Å². The Morgan fingerprint density at radius 3 is 2.88 bits per heavy atom. The summed E-state index contributed by atoms with van der Waals surface area (Å²) in [6, 6.07) is 9.00. The Bertz CT molecular complexity index is 633. The number of carbonyl (C=O) groups is 1. The molecule has 0 aromatic carbocycles. The van der Waals surface area contributed by atoms with Gasteiger partial charge in [0, 0.05) is 19.3 Å². The monoisotopic (exact) mass is 328 g/mol. The van der Waals surface area contributed by atoms with Crippen LogP contribution in [-0.2, 0) is 4.74 Å². The number of aromatic nitrogens is 1. The van der Waals surface area contributed by atoms with Crippen LogP contribution >= 0.6 is 0 Å². The van der Waals surface area contributed by atoms with Gasteiger partial charge in [-0.2, -0.15) is 0 Å². The first-order valence-electron chi connectivity index (χ1n) is 8.70. The lowest BCUT2D eigenvalue weighted by Crippen LogP contribution is -2.27. The Morgan fingerprint density at radius 2 is 2.08 bits per heavy atom. The van der Waals surface area contributed by atoms with Crippen molar-refractivity contribution in [1.29, 1.82) is 0 Å². The largest absolute Gasteiger partial charge is 0.449 e. The van der Waals surface area contributed by atoms with Crippen LogP contribution in [0.3, 0.4) is 0 Å². The molecule has 1 amide bonds. The van der Waals surface area contributed by atoms with E-state index in [0.717, 1.165) is 6.61 Å². The van der Waals surface area contributed by atoms with Gasteiger partial charge in [-0.3, -0.25) is 9.78 Å². The molecule has 0 bridgehead atoms. The van der Waals surface area contributed by atoms with E-state index in [2.05, 4.69) is 10.3 Å². The summed E-state index contributed by atoms with van der Waals surface area (Å²) >= 11 is 0. The minimum absolute atomic E-state index is 0.224. The fourth-order valence-corrected chi connectivity index (χ4v) is 3.03. The SMILES string of the molecule is O=C(NCCOCC1CCCCC1)c1ccc(-c2ccccn2)o1. The van der Waals surface area contributed by atoms with E-state index >= 15 is 0 Å². The zero-order valence-electron chi connectivity index (χ0n) is 13.9. The summed E-state index contributed by atoms with van der Waals surface area (Å²) in [5.41, 5.74) is 0.715. The van der Waals surface area contributed by atoms with Crippen LogP contribution < -0.4 is 5.32 Å². The van der Waals surface area contributed by atoms with Crippen LogP contribution in [0.15, 0.2) is 40.9 Å². The Balaban J connectivity index is 1.38. The third-order valence-electron chi connectivity index (χ3n) is 4.36. The minimum atomic E-state index is -0.224. The van der Waals surface area contributed by atoms with E-state index in [1.165, 1.54) is 32.1 Å². The van der Waals surface area contributed by atoms with Crippen molar-refractivity contribution < 1.29 is 13.9 Å². The quantitative estimate of drug-likeness (QED) is 0.788. The van der Waals surface area contributed by atoms with Crippen LogP contribution in [0.2, 0.25) is 0 Å². The average Bonchev–Trinajstić information content (AvgIpc) is 3.13. The van der Waals surface area contributed by atoms with Gasteiger partial charge in [-0.1, -0.05) is 25.3 Å². The van der Waals surface area contributed by atoms with Crippen molar-refractivity contribution >= 4 is 5.91 Å². The molecule has 1 aliphatic rings. The second-order valence-corrected chi connectivity index (χ2v) is 6.21. The topological polar surface area (TPSA) is 64.4 Å². The molecule has 0 spiro atoms. The summed E-state index contributed by atoms with van der Waals surface area (Å²) in [5.74, 6) is 1.36. The number of nitrogens with zero attached hydrogens (tertiary/aromatic N) is 1. The van der Waals surface area contributed by atoms with E-state index in [-0.39, 0.29) is 5.91 Å². The van der Waals surface area contributed by atoms with Crippen LogP contribution in [0.25, 0.3) is 11.5 Å². The predicted molar refractivity (Wildman–Crippen MR) is 91.7 cm³/mol. The summed E-state index contributed by atoms with van der Waals surface area (Å²) in [7, 11) is 0. The smallest absolute Gasteiger partial charge is 0.287 e. The maximum atomic E-state index is 12.1. The molecule has 128 valence electrons. The molecule has 0 unspecified atom stereocenters. The van der Waals surface area contributed by atoms with Gasteiger partial charge in [0.1, 0.15) is 5.69 Å². The first kappa shape index (κ1) is 16.7. The number of carbonyl (C=O) groups excluding carboxylic acids is 1. The van der Waals surface area contributed by atoms with Gasteiger partial charge in [-0.25, -0.2) is 0 Å².